The zero-order valence-corrected chi connectivity index (χ0v) is 16.4. The molecule has 1 amide bonds. The summed E-state index contributed by atoms with van der Waals surface area (Å²) in [5, 5.41) is 0. The Balaban J connectivity index is 1.73. The Morgan fingerprint density at radius 3 is 2.37 bits per heavy atom. The first-order chi connectivity index (χ1) is 12.7. The van der Waals surface area contributed by atoms with Crippen LogP contribution in [0.5, 0.6) is 0 Å². The number of benzene rings is 2. The predicted molar refractivity (Wildman–Crippen MR) is 103 cm³/mol. The molecule has 7 heteroatoms. The molecule has 0 saturated heterocycles. The first-order valence-electron chi connectivity index (χ1n) is 8.85. The van der Waals surface area contributed by atoms with Gasteiger partial charge in [0.1, 0.15) is 5.82 Å². The van der Waals surface area contributed by atoms with E-state index in [4.69, 9.17) is 0 Å². The topological polar surface area (TPSA) is 66.5 Å². The van der Waals surface area contributed by atoms with Crippen LogP contribution < -0.4 is 4.72 Å². The van der Waals surface area contributed by atoms with Crippen molar-refractivity contribution in [2.45, 2.75) is 37.6 Å². The summed E-state index contributed by atoms with van der Waals surface area (Å²) >= 11 is 0. The third kappa shape index (κ3) is 4.30. The molecule has 0 aromatic heterocycles. The highest BCUT2D eigenvalue weighted by molar-refractivity contribution is 7.92. The van der Waals surface area contributed by atoms with Gasteiger partial charge < -0.3 is 4.90 Å². The molecule has 0 radical (unpaired) electrons. The lowest BCUT2D eigenvalue weighted by molar-refractivity contribution is 0.0727. The highest BCUT2D eigenvalue weighted by Crippen LogP contribution is 2.35. The first kappa shape index (κ1) is 19.4. The number of rotatable bonds is 6. The average Bonchev–Trinajstić information content (AvgIpc) is 3.47. The van der Waals surface area contributed by atoms with Crippen LogP contribution in [0.15, 0.2) is 47.4 Å². The molecule has 5 nitrogen and oxygen atoms in total. The Morgan fingerprint density at radius 1 is 1.19 bits per heavy atom. The number of hydrogen-bond donors (Lipinski definition) is 1. The van der Waals surface area contributed by atoms with Crippen molar-refractivity contribution in [3.05, 3.63) is 59.4 Å². The van der Waals surface area contributed by atoms with Gasteiger partial charge in [-0.15, -0.1) is 0 Å². The number of hydrogen-bond acceptors (Lipinski definition) is 3. The van der Waals surface area contributed by atoms with Gasteiger partial charge >= 0.3 is 0 Å². The van der Waals surface area contributed by atoms with Crippen LogP contribution >= 0.6 is 0 Å². The molecule has 27 heavy (non-hydrogen) atoms. The van der Waals surface area contributed by atoms with E-state index in [2.05, 4.69) is 4.72 Å². The lowest BCUT2D eigenvalue weighted by atomic mass is 10.1. The van der Waals surface area contributed by atoms with Gasteiger partial charge in [0.15, 0.2) is 0 Å². The van der Waals surface area contributed by atoms with Crippen LogP contribution in [0.1, 0.15) is 35.7 Å². The fourth-order valence-corrected chi connectivity index (χ4v) is 4.11. The summed E-state index contributed by atoms with van der Waals surface area (Å²) in [6, 6.07) is 10.1. The lowest BCUT2D eigenvalue weighted by Crippen LogP contribution is -2.36. The third-order valence-electron chi connectivity index (χ3n) is 5.06. The van der Waals surface area contributed by atoms with E-state index in [1.165, 1.54) is 19.1 Å². The van der Waals surface area contributed by atoms with Crippen molar-refractivity contribution in [3.8, 4) is 0 Å². The van der Waals surface area contributed by atoms with E-state index in [0.29, 0.717) is 17.2 Å². The molecule has 2 aromatic rings. The summed E-state index contributed by atoms with van der Waals surface area (Å²) in [5.41, 5.74) is 1.10. The minimum absolute atomic E-state index is 0.0143. The summed E-state index contributed by atoms with van der Waals surface area (Å²) in [6.45, 7) is 3.55. The lowest BCUT2D eigenvalue weighted by Gasteiger charge is -2.25. The second-order valence-electron chi connectivity index (χ2n) is 7.09. The molecule has 1 saturated carbocycles. The number of sulfonamides is 1. The SMILES string of the molecule is Cc1cc(S(=O)(=O)Nc2ccc(C(=O)N(C)C(C)C3CC3)cc2)ccc1F. The standard InChI is InChI=1S/C20H23FN2O3S/c1-13-12-18(10-11-19(13)21)27(25,26)22-17-8-6-16(7-9-17)20(24)23(3)14(2)15-4-5-15/h6-12,14-15,22H,4-5H2,1-3H3. The molecule has 2 aromatic carbocycles. The van der Waals surface area contributed by atoms with Crippen molar-refractivity contribution in [1.82, 2.24) is 4.90 Å². The molecule has 1 N–H and O–H groups in total. The van der Waals surface area contributed by atoms with Gasteiger partial charge in [0.05, 0.1) is 4.90 Å². The molecule has 1 atom stereocenters. The highest BCUT2D eigenvalue weighted by atomic mass is 32.2. The number of anilines is 1. The van der Waals surface area contributed by atoms with Crippen molar-refractivity contribution in [2.24, 2.45) is 5.92 Å². The maximum Gasteiger partial charge on any atom is 0.261 e. The van der Waals surface area contributed by atoms with Crippen LogP contribution in [0.25, 0.3) is 0 Å². The van der Waals surface area contributed by atoms with Crippen LogP contribution in [-0.2, 0) is 10.0 Å². The van der Waals surface area contributed by atoms with E-state index in [-0.39, 0.29) is 22.4 Å². The molecule has 1 aliphatic rings. The Kier molecular flexibility index (Phi) is 5.24. The zero-order chi connectivity index (χ0) is 19.8. The largest absolute Gasteiger partial charge is 0.339 e. The summed E-state index contributed by atoms with van der Waals surface area (Å²) in [4.78, 5) is 14.3. The highest BCUT2D eigenvalue weighted by Gasteiger charge is 2.32. The number of carbonyl (C=O) groups excluding carboxylic acids is 1. The summed E-state index contributed by atoms with van der Waals surface area (Å²) in [5.74, 6) is 0.0310. The number of halogens is 1. The van der Waals surface area contributed by atoms with Crippen LogP contribution in [-0.4, -0.2) is 32.3 Å². The third-order valence-corrected chi connectivity index (χ3v) is 6.44. The monoisotopic (exact) mass is 390 g/mol. The first-order valence-corrected chi connectivity index (χ1v) is 10.3. The van der Waals surface area contributed by atoms with E-state index in [1.54, 1.807) is 36.2 Å². The average molecular weight is 390 g/mol. The molecule has 1 fully saturated rings. The fraction of sp³-hybridized carbons (Fsp3) is 0.350. The van der Waals surface area contributed by atoms with Gasteiger partial charge in [0.2, 0.25) is 0 Å². The second-order valence-corrected chi connectivity index (χ2v) is 8.77. The maximum absolute atomic E-state index is 13.4. The molecule has 1 aliphatic carbocycles. The Labute approximate surface area is 159 Å². The van der Waals surface area contributed by atoms with Gasteiger partial charge in [-0.25, -0.2) is 12.8 Å². The van der Waals surface area contributed by atoms with Crippen molar-refractivity contribution in [2.75, 3.05) is 11.8 Å². The van der Waals surface area contributed by atoms with Crippen LogP contribution in [0, 0.1) is 18.7 Å². The van der Waals surface area contributed by atoms with Crippen molar-refractivity contribution in [1.29, 1.82) is 0 Å². The molecule has 3 rings (SSSR count). The molecule has 0 aliphatic heterocycles. The van der Waals surface area contributed by atoms with Gasteiger partial charge in [0, 0.05) is 24.3 Å². The van der Waals surface area contributed by atoms with E-state index in [9.17, 15) is 17.6 Å². The van der Waals surface area contributed by atoms with E-state index in [1.807, 2.05) is 6.92 Å². The molecule has 1 unspecified atom stereocenters. The van der Waals surface area contributed by atoms with Gasteiger partial charge in [-0.3, -0.25) is 9.52 Å². The van der Waals surface area contributed by atoms with E-state index in [0.717, 1.165) is 18.9 Å². The minimum Gasteiger partial charge on any atom is -0.339 e. The van der Waals surface area contributed by atoms with Crippen LogP contribution in [0.3, 0.4) is 0 Å². The molecule has 0 heterocycles. The molecule has 144 valence electrons. The Hall–Kier alpha value is -2.41. The van der Waals surface area contributed by atoms with Crippen molar-refractivity contribution in [3.63, 3.8) is 0 Å². The van der Waals surface area contributed by atoms with Gasteiger partial charge in [0.25, 0.3) is 15.9 Å². The number of amides is 1. The number of carbonyl (C=O) groups is 1. The van der Waals surface area contributed by atoms with E-state index >= 15 is 0 Å². The molecular weight excluding hydrogens is 367 g/mol. The smallest absolute Gasteiger partial charge is 0.261 e. The summed E-state index contributed by atoms with van der Waals surface area (Å²) in [6.07, 6.45) is 2.31. The minimum atomic E-state index is -3.83. The summed E-state index contributed by atoms with van der Waals surface area (Å²) < 4.78 is 40.7. The van der Waals surface area contributed by atoms with Crippen molar-refractivity contribution >= 4 is 21.6 Å². The number of nitrogens with zero attached hydrogens (tertiary/aromatic N) is 1. The molecule has 0 bridgehead atoms. The summed E-state index contributed by atoms with van der Waals surface area (Å²) in [7, 11) is -2.04. The van der Waals surface area contributed by atoms with Gasteiger partial charge in [-0.05, 0) is 80.6 Å². The number of nitrogens with one attached hydrogen (secondary N) is 1. The molecule has 0 spiro atoms. The van der Waals surface area contributed by atoms with Gasteiger partial charge in [-0.2, -0.15) is 0 Å². The second kappa shape index (κ2) is 7.31. The van der Waals surface area contributed by atoms with Crippen LogP contribution in [0.2, 0.25) is 0 Å². The molecular formula is C20H23FN2O3S. The van der Waals surface area contributed by atoms with E-state index < -0.39 is 15.8 Å². The van der Waals surface area contributed by atoms with Gasteiger partial charge in [-0.1, -0.05) is 0 Å². The quantitative estimate of drug-likeness (QED) is 0.816. The maximum atomic E-state index is 13.4. The Morgan fingerprint density at radius 2 is 1.81 bits per heavy atom. The predicted octanol–water partition coefficient (Wildman–Crippen LogP) is 3.81. The van der Waals surface area contributed by atoms with Crippen molar-refractivity contribution < 1.29 is 17.6 Å². The zero-order valence-electron chi connectivity index (χ0n) is 15.6. The van der Waals surface area contributed by atoms with Crippen LogP contribution in [0.4, 0.5) is 10.1 Å². The Bertz CT molecular complexity index is 954. The normalized spacial score (nSPS) is 15.3. The fourth-order valence-electron chi connectivity index (χ4n) is 2.96. The number of aryl methyl sites for hydroxylation is 1.